The van der Waals surface area contributed by atoms with E-state index in [2.05, 4.69) is 10.6 Å². The Morgan fingerprint density at radius 1 is 1.00 bits per heavy atom. The summed E-state index contributed by atoms with van der Waals surface area (Å²) in [4.78, 5) is 0.562. The molecule has 17 heavy (non-hydrogen) atoms. The summed E-state index contributed by atoms with van der Waals surface area (Å²) in [5, 5.41) is 15.4. The Morgan fingerprint density at radius 2 is 1.65 bits per heavy atom. The number of aryl methyl sites for hydroxylation is 1. The van der Waals surface area contributed by atoms with Crippen LogP contribution in [-0.2, 0) is 0 Å². The molecule has 2 aromatic carbocycles. The van der Waals surface area contributed by atoms with Gasteiger partial charge in [0, 0.05) is 0 Å². The lowest BCUT2D eigenvalue weighted by Gasteiger charge is -2.05. The molecule has 2 rings (SSSR count). The summed E-state index contributed by atoms with van der Waals surface area (Å²) in [6.07, 6.45) is 0. The van der Waals surface area contributed by atoms with Crippen molar-refractivity contribution in [3.8, 4) is 0 Å². The first-order valence-corrected chi connectivity index (χ1v) is 5.32. The van der Waals surface area contributed by atoms with Gasteiger partial charge in [-0.05, 0) is 30.7 Å². The maximum atomic E-state index is 11.6. The van der Waals surface area contributed by atoms with E-state index in [9.17, 15) is 5.21 Å². The zero-order valence-electron chi connectivity index (χ0n) is 9.50. The van der Waals surface area contributed by atoms with Gasteiger partial charge < -0.3 is 5.21 Å². The summed E-state index contributed by atoms with van der Waals surface area (Å²) < 4.78 is 0. The maximum absolute atomic E-state index is 11.6. The molecule has 4 nitrogen and oxygen atoms in total. The Morgan fingerprint density at radius 3 is 2.35 bits per heavy atom. The van der Waals surface area contributed by atoms with Crippen molar-refractivity contribution >= 4 is 11.4 Å². The molecule has 0 bridgehead atoms. The van der Waals surface area contributed by atoms with Crippen LogP contribution in [-0.4, -0.2) is 4.86 Å². The van der Waals surface area contributed by atoms with Crippen LogP contribution in [0.25, 0.3) is 0 Å². The Bertz CT molecular complexity index is 523. The Kier molecular flexibility index (Phi) is 3.35. The zero-order valence-corrected chi connectivity index (χ0v) is 9.50. The van der Waals surface area contributed by atoms with Crippen molar-refractivity contribution in [2.24, 2.45) is 5.22 Å². The minimum atomic E-state index is 0.494. The molecule has 0 amide bonds. The van der Waals surface area contributed by atoms with Gasteiger partial charge in [0.2, 0.25) is 0 Å². The average molecular weight is 227 g/mol. The molecule has 0 aromatic heterocycles. The standard InChI is InChI=1S/C13H13N3O/c1-11-7-5-6-10-13(11)14-15-16(17)12-8-3-2-4-9-12/h2-10,14H,1H3. The highest BCUT2D eigenvalue weighted by molar-refractivity contribution is 5.49. The molecule has 0 atom stereocenters. The second-order valence-electron chi connectivity index (χ2n) is 3.64. The summed E-state index contributed by atoms with van der Waals surface area (Å²) in [5.41, 5.74) is 5.11. The molecule has 0 fully saturated rings. The lowest BCUT2D eigenvalue weighted by Crippen LogP contribution is -1.98. The Balaban J connectivity index is 2.14. The summed E-state index contributed by atoms with van der Waals surface area (Å²) in [6.45, 7) is 1.95. The number of benzene rings is 2. The number of anilines is 1. The van der Waals surface area contributed by atoms with Crippen LogP contribution in [0.4, 0.5) is 11.4 Å². The number of para-hydroxylation sites is 2. The lowest BCUT2D eigenvalue weighted by molar-refractivity contribution is -0.439. The molecule has 0 saturated carbocycles. The predicted octanol–water partition coefficient (Wildman–Crippen LogP) is 3.62. The van der Waals surface area contributed by atoms with Crippen LogP contribution in [0.15, 0.2) is 59.8 Å². The number of nitrogens with one attached hydrogen (secondary N) is 1. The molecule has 0 aliphatic heterocycles. The first kappa shape index (κ1) is 11.1. The molecule has 4 heteroatoms. The number of hydrogen-bond acceptors (Lipinski definition) is 2. The fourth-order valence-electron chi connectivity index (χ4n) is 1.41. The average Bonchev–Trinajstić information content (AvgIpc) is 2.38. The van der Waals surface area contributed by atoms with Gasteiger partial charge in [-0.25, -0.2) is 0 Å². The summed E-state index contributed by atoms with van der Waals surface area (Å²) in [7, 11) is 0. The molecule has 1 N–H and O–H groups in total. The fraction of sp³-hybridized carbons (Fsp3) is 0.0769. The van der Waals surface area contributed by atoms with Gasteiger partial charge in [-0.3, -0.25) is 0 Å². The van der Waals surface area contributed by atoms with Crippen molar-refractivity contribution < 1.29 is 4.86 Å². The van der Waals surface area contributed by atoms with Gasteiger partial charge in [0.1, 0.15) is 5.69 Å². The molecule has 0 aliphatic carbocycles. The molecule has 0 saturated heterocycles. The molecule has 86 valence electrons. The molecule has 2 aromatic rings. The number of hydrogen-bond donors (Lipinski definition) is 1. The minimum absolute atomic E-state index is 0.494. The third-order valence-corrected chi connectivity index (χ3v) is 2.38. The van der Waals surface area contributed by atoms with E-state index in [4.69, 9.17) is 0 Å². The van der Waals surface area contributed by atoms with E-state index in [1.165, 1.54) is 0 Å². The van der Waals surface area contributed by atoms with Crippen LogP contribution >= 0.6 is 0 Å². The molecule has 0 radical (unpaired) electrons. The van der Waals surface area contributed by atoms with Gasteiger partial charge in [0.15, 0.2) is 5.69 Å². The van der Waals surface area contributed by atoms with Crippen molar-refractivity contribution in [2.45, 2.75) is 6.92 Å². The van der Waals surface area contributed by atoms with Crippen molar-refractivity contribution in [1.29, 1.82) is 0 Å². The van der Waals surface area contributed by atoms with E-state index >= 15 is 0 Å². The quantitative estimate of drug-likeness (QED) is 0.494. The molecule has 0 unspecified atom stereocenters. The third kappa shape index (κ3) is 2.81. The fourth-order valence-corrected chi connectivity index (χ4v) is 1.41. The van der Waals surface area contributed by atoms with Crippen LogP contribution in [0, 0.1) is 12.1 Å². The molecule has 0 aliphatic rings. The van der Waals surface area contributed by atoms with E-state index in [1.54, 1.807) is 24.3 Å². The van der Waals surface area contributed by atoms with Gasteiger partial charge >= 0.3 is 0 Å². The maximum Gasteiger partial charge on any atom is 0.154 e. The van der Waals surface area contributed by atoms with Gasteiger partial charge in [-0.15, -0.1) is 10.3 Å². The van der Waals surface area contributed by atoms with E-state index in [0.717, 1.165) is 11.3 Å². The van der Waals surface area contributed by atoms with Crippen LogP contribution < -0.4 is 5.43 Å². The normalized spacial score (nSPS) is 11.2. The van der Waals surface area contributed by atoms with E-state index in [1.807, 2.05) is 37.3 Å². The third-order valence-electron chi connectivity index (χ3n) is 2.38. The van der Waals surface area contributed by atoms with E-state index < -0.39 is 0 Å². The molecular weight excluding hydrogens is 214 g/mol. The number of rotatable bonds is 3. The van der Waals surface area contributed by atoms with Gasteiger partial charge in [0.05, 0.1) is 5.22 Å². The summed E-state index contributed by atoms with van der Waals surface area (Å²) >= 11 is 0. The highest BCUT2D eigenvalue weighted by Gasteiger charge is 2.00. The SMILES string of the molecule is Cc1ccccc1NN=[N+]([O-])c1ccccc1. The smallest absolute Gasteiger partial charge is 0.154 e. The van der Waals surface area contributed by atoms with Crippen molar-refractivity contribution in [3.63, 3.8) is 0 Å². The lowest BCUT2D eigenvalue weighted by atomic mass is 10.2. The van der Waals surface area contributed by atoms with Crippen LogP contribution in [0.3, 0.4) is 0 Å². The zero-order chi connectivity index (χ0) is 12.1. The van der Waals surface area contributed by atoms with E-state index in [0.29, 0.717) is 10.5 Å². The van der Waals surface area contributed by atoms with Gasteiger partial charge in [0.25, 0.3) is 0 Å². The Labute approximate surface area is 99.8 Å². The summed E-state index contributed by atoms with van der Waals surface area (Å²) in [5.74, 6) is 0. The van der Waals surface area contributed by atoms with Crippen molar-refractivity contribution in [1.82, 2.24) is 0 Å². The van der Waals surface area contributed by atoms with Crippen molar-refractivity contribution in [2.75, 3.05) is 5.43 Å². The second kappa shape index (κ2) is 5.12. The van der Waals surface area contributed by atoms with Gasteiger partial charge in [-0.2, -0.15) is 0 Å². The first-order chi connectivity index (χ1) is 8.27. The topological polar surface area (TPSA) is 50.5 Å². The highest BCUT2D eigenvalue weighted by Crippen LogP contribution is 2.14. The second-order valence-corrected chi connectivity index (χ2v) is 3.64. The predicted molar refractivity (Wildman–Crippen MR) is 67.0 cm³/mol. The summed E-state index contributed by atoms with van der Waals surface area (Å²) in [6, 6.07) is 16.5. The molecule has 0 spiro atoms. The highest BCUT2D eigenvalue weighted by atomic mass is 16.5. The van der Waals surface area contributed by atoms with Crippen LogP contribution in [0.1, 0.15) is 5.56 Å². The van der Waals surface area contributed by atoms with Gasteiger partial charge in [-0.1, -0.05) is 36.4 Å². The monoisotopic (exact) mass is 227 g/mol. The number of nitrogens with zero attached hydrogens (tertiary/aromatic N) is 2. The minimum Gasteiger partial charge on any atom is -0.691 e. The van der Waals surface area contributed by atoms with Crippen LogP contribution in [0.2, 0.25) is 0 Å². The Hall–Kier alpha value is -2.36. The van der Waals surface area contributed by atoms with Crippen LogP contribution in [0.5, 0.6) is 0 Å². The molecular formula is C13H13N3O. The largest absolute Gasteiger partial charge is 0.691 e. The first-order valence-electron chi connectivity index (χ1n) is 5.32. The van der Waals surface area contributed by atoms with E-state index in [-0.39, 0.29) is 0 Å². The molecule has 0 heterocycles. The van der Waals surface area contributed by atoms with Crippen molar-refractivity contribution in [3.05, 3.63) is 65.4 Å².